The molecule has 1 unspecified atom stereocenters. The van der Waals surface area contributed by atoms with E-state index in [1.54, 1.807) is 12.1 Å². The van der Waals surface area contributed by atoms with Gasteiger partial charge in [0.1, 0.15) is 17.2 Å². The first kappa shape index (κ1) is 25.0. The molecule has 0 radical (unpaired) electrons. The van der Waals surface area contributed by atoms with Gasteiger partial charge < -0.3 is 20.4 Å². The summed E-state index contributed by atoms with van der Waals surface area (Å²) in [6, 6.07) is 14.1. The zero-order valence-electron chi connectivity index (χ0n) is 17.4. The average Bonchev–Trinajstić information content (AvgIpc) is 3.31. The molecule has 2 aromatic rings. The van der Waals surface area contributed by atoms with Crippen molar-refractivity contribution in [2.45, 2.75) is 31.3 Å². The van der Waals surface area contributed by atoms with Crippen molar-refractivity contribution in [1.82, 2.24) is 4.90 Å². The Morgan fingerprint density at radius 1 is 1.03 bits per heavy atom. The molecule has 8 nitrogen and oxygen atoms in total. The highest BCUT2D eigenvalue weighted by Crippen LogP contribution is 2.40. The standard InChI is InChI=1S/C21H22FNO2.C2H2O4.H2O/c22-18-9-7-16(8-10-18)19(24)5-3-12-23-13-11-21(15-23)14-17-4-1-2-6-20(17)25-21;3-1(4)2(5)6;/h1-2,4,6-10H,3,5,11-15H2;(H,3,4)(H,5,6);1H2. The molecule has 0 bridgehead atoms. The lowest BCUT2D eigenvalue weighted by Gasteiger charge is -2.24. The van der Waals surface area contributed by atoms with Gasteiger partial charge in [0.05, 0.1) is 0 Å². The van der Waals surface area contributed by atoms with Crippen LogP contribution in [0.25, 0.3) is 0 Å². The van der Waals surface area contributed by atoms with Gasteiger partial charge in [0.15, 0.2) is 5.78 Å². The predicted octanol–water partition coefficient (Wildman–Crippen LogP) is 2.20. The van der Waals surface area contributed by atoms with Crippen LogP contribution < -0.4 is 4.74 Å². The molecule has 4 rings (SSSR count). The number of rotatable bonds is 5. The van der Waals surface area contributed by atoms with Crippen molar-refractivity contribution >= 4 is 17.7 Å². The summed E-state index contributed by atoms with van der Waals surface area (Å²) >= 11 is 0. The minimum atomic E-state index is -1.82. The maximum absolute atomic E-state index is 12.9. The van der Waals surface area contributed by atoms with Gasteiger partial charge in [0, 0.05) is 37.9 Å². The Morgan fingerprint density at radius 2 is 1.69 bits per heavy atom. The topological polar surface area (TPSA) is 136 Å². The van der Waals surface area contributed by atoms with Crippen molar-refractivity contribution in [3.8, 4) is 5.75 Å². The van der Waals surface area contributed by atoms with Crippen molar-refractivity contribution in [3.05, 3.63) is 65.5 Å². The molecule has 32 heavy (non-hydrogen) atoms. The predicted molar refractivity (Wildman–Crippen MR) is 113 cm³/mol. The second kappa shape index (κ2) is 10.8. The number of carboxylic acids is 2. The van der Waals surface area contributed by atoms with Gasteiger partial charge in [-0.2, -0.15) is 0 Å². The Morgan fingerprint density at radius 3 is 2.31 bits per heavy atom. The number of halogens is 1. The van der Waals surface area contributed by atoms with E-state index in [0.717, 1.165) is 44.6 Å². The zero-order chi connectivity index (χ0) is 22.4. The average molecular weight is 447 g/mol. The van der Waals surface area contributed by atoms with Crippen LogP contribution in [0.1, 0.15) is 35.2 Å². The largest absolute Gasteiger partial charge is 0.485 e. The van der Waals surface area contributed by atoms with E-state index in [9.17, 15) is 9.18 Å². The molecule has 0 aromatic heterocycles. The summed E-state index contributed by atoms with van der Waals surface area (Å²) < 4.78 is 19.2. The number of hydrogen-bond acceptors (Lipinski definition) is 5. The molecule has 2 heterocycles. The summed E-state index contributed by atoms with van der Waals surface area (Å²) in [5, 5.41) is 14.8. The number of aliphatic carboxylic acids is 2. The van der Waals surface area contributed by atoms with Crippen molar-refractivity contribution in [2.75, 3.05) is 19.6 Å². The molecule has 1 atom stereocenters. The lowest BCUT2D eigenvalue weighted by Crippen LogP contribution is -2.38. The summed E-state index contributed by atoms with van der Waals surface area (Å²) in [5.74, 6) is -2.85. The number of likely N-dealkylation sites (tertiary alicyclic amines) is 1. The molecular weight excluding hydrogens is 421 g/mol. The maximum atomic E-state index is 12.9. The summed E-state index contributed by atoms with van der Waals surface area (Å²) in [4.78, 5) is 32.8. The number of ketones is 1. The number of benzene rings is 2. The van der Waals surface area contributed by atoms with Crippen LogP contribution in [0.15, 0.2) is 48.5 Å². The van der Waals surface area contributed by atoms with Crippen molar-refractivity contribution < 1.29 is 39.2 Å². The van der Waals surface area contributed by atoms with Crippen LogP contribution in [0, 0.1) is 5.82 Å². The van der Waals surface area contributed by atoms with E-state index in [1.165, 1.54) is 17.7 Å². The van der Waals surface area contributed by atoms with E-state index >= 15 is 0 Å². The number of nitrogens with zero attached hydrogens (tertiary/aromatic N) is 1. The molecule has 0 saturated carbocycles. The number of para-hydroxylation sites is 1. The van der Waals surface area contributed by atoms with Crippen LogP contribution in [0.4, 0.5) is 4.39 Å². The van der Waals surface area contributed by atoms with Gasteiger partial charge in [0.25, 0.3) is 0 Å². The fourth-order valence-corrected chi connectivity index (χ4v) is 3.96. The van der Waals surface area contributed by atoms with Crippen LogP contribution >= 0.6 is 0 Å². The van der Waals surface area contributed by atoms with E-state index in [1.807, 2.05) is 12.1 Å². The maximum Gasteiger partial charge on any atom is 0.414 e. The summed E-state index contributed by atoms with van der Waals surface area (Å²) in [7, 11) is 0. The van der Waals surface area contributed by atoms with Crippen LogP contribution in [-0.2, 0) is 16.0 Å². The first-order chi connectivity index (χ1) is 14.8. The van der Waals surface area contributed by atoms with Crippen LogP contribution in [0.2, 0.25) is 0 Å². The molecule has 172 valence electrons. The fourth-order valence-electron chi connectivity index (χ4n) is 3.96. The van der Waals surface area contributed by atoms with Gasteiger partial charge in [-0.3, -0.25) is 9.69 Å². The zero-order valence-corrected chi connectivity index (χ0v) is 17.4. The number of Topliss-reactive ketones (excluding diaryl/α,β-unsaturated/α-hetero) is 1. The van der Waals surface area contributed by atoms with Crippen molar-refractivity contribution in [2.24, 2.45) is 0 Å². The van der Waals surface area contributed by atoms with E-state index in [0.29, 0.717) is 12.0 Å². The second-order valence-electron chi connectivity index (χ2n) is 7.74. The Bertz CT molecular complexity index is 924. The third-order valence-electron chi connectivity index (χ3n) is 5.43. The number of fused-ring (bicyclic) bond motifs is 1. The molecule has 1 saturated heterocycles. The molecule has 1 fully saturated rings. The lowest BCUT2D eigenvalue weighted by atomic mass is 9.96. The molecular formula is C23H26FNO7. The van der Waals surface area contributed by atoms with Gasteiger partial charge >= 0.3 is 11.9 Å². The summed E-state index contributed by atoms with van der Waals surface area (Å²) in [5.41, 5.74) is 1.81. The molecule has 4 N–H and O–H groups in total. The molecule has 0 amide bonds. The minimum Gasteiger partial charge on any atom is -0.485 e. The number of ether oxygens (including phenoxy) is 1. The SMILES string of the molecule is O.O=C(CCCN1CCC2(Cc3ccccc3O2)C1)c1ccc(F)cc1.O=C(O)C(=O)O. The molecule has 0 aliphatic carbocycles. The highest BCUT2D eigenvalue weighted by molar-refractivity contribution is 6.27. The highest BCUT2D eigenvalue weighted by atomic mass is 19.1. The quantitative estimate of drug-likeness (QED) is 0.530. The Labute approximate surface area is 184 Å². The lowest BCUT2D eigenvalue weighted by molar-refractivity contribution is -0.159. The third-order valence-corrected chi connectivity index (χ3v) is 5.43. The number of hydrogen-bond donors (Lipinski definition) is 2. The normalized spacial score (nSPS) is 18.7. The van der Waals surface area contributed by atoms with Crippen LogP contribution in [0.3, 0.4) is 0 Å². The van der Waals surface area contributed by atoms with Gasteiger partial charge in [-0.05, 0) is 48.9 Å². The molecule has 2 aliphatic rings. The summed E-state index contributed by atoms with van der Waals surface area (Å²) in [6.07, 6.45) is 3.33. The Hall–Kier alpha value is -3.30. The van der Waals surface area contributed by atoms with Crippen molar-refractivity contribution in [3.63, 3.8) is 0 Å². The first-order valence-corrected chi connectivity index (χ1v) is 10.0. The minimum absolute atomic E-state index is 0. The number of carbonyl (C=O) groups is 3. The van der Waals surface area contributed by atoms with Gasteiger partial charge in [-0.1, -0.05) is 18.2 Å². The third kappa shape index (κ3) is 6.35. The number of carbonyl (C=O) groups excluding carboxylic acids is 1. The summed E-state index contributed by atoms with van der Waals surface area (Å²) in [6.45, 7) is 2.83. The van der Waals surface area contributed by atoms with Crippen LogP contribution in [0.5, 0.6) is 5.75 Å². The number of carboxylic acid groups (broad SMARTS) is 2. The highest BCUT2D eigenvalue weighted by Gasteiger charge is 2.44. The fraction of sp³-hybridized carbons (Fsp3) is 0.348. The van der Waals surface area contributed by atoms with E-state index in [2.05, 4.69) is 17.0 Å². The van der Waals surface area contributed by atoms with E-state index < -0.39 is 11.9 Å². The van der Waals surface area contributed by atoms with E-state index in [4.69, 9.17) is 24.5 Å². The smallest absolute Gasteiger partial charge is 0.414 e. The Kier molecular flexibility index (Phi) is 8.45. The monoisotopic (exact) mass is 447 g/mol. The molecule has 2 aromatic carbocycles. The second-order valence-corrected chi connectivity index (χ2v) is 7.74. The van der Waals surface area contributed by atoms with Gasteiger partial charge in [-0.25, -0.2) is 14.0 Å². The van der Waals surface area contributed by atoms with Gasteiger partial charge in [-0.15, -0.1) is 0 Å². The van der Waals surface area contributed by atoms with Gasteiger partial charge in [0.2, 0.25) is 0 Å². The Balaban J connectivity index is 0.000000461. The first-order valence-electron chi connectivity index (χ1n) is 10.0. The van der Waals surface area contributed by atoms with Crippen LogP contribution in [-0.4, -0.2) is 63.5 Å². The molecule has 2 aliphatic heterocycles. The van der Waals surface area contributed by atoms with Crippen molar-refractivity contribution in [1.29, 1.82) is 0 Å². The van der Waals surface area contributed by atoms with E-state index in [-0.39, 0.29) is 22.7 Å². The molecule has 1 spiro atoms. The molecule has 9 heteroatoms.